The number of hydrogen-bond donors (Lipinski definition) is 2. The van der Waals surface area contributed by atoms with Crippen LogP contribution in [0.25, 0.3) is 16.9 Å². The van der Waals surface area contributed by atoms with Gasteiger partial charge in [0.2, 0.25) is 0 Å². The molecule has 0 bridgehead atoms. The molecular formula is C27H29N7O. The number of benzene rings is 2. The molecule has 4 aromatic rings. The third-order valence-electron chi connectivity index (χ3n) is 6.59. The zero-order valence-electron chi connectivity index (χ0n) is 20.1. The van der Waals surface area contributed by atoms with Gasteiger partial charge in [0.25, 0.3) is 0 Å². The normalized spacial score (nSPS) is 18.7. The number of nitrogens with zero attached hydrogens (tertiary/aromatic N) is 5. The Morgan fingerprint density at radius 1 is 1.06 bits per heavy atom. The molecule has 1 aliphatic carbocycles. The van der Waals surface area contributed by atoms with Gasteiger partial charge in [-0.15, -0.1) is 0 Å². The fourth-order valence-corrected chi connectivity index (χ4v) is 4.79. The summed E-state index contributed by atoms with van der Waals surface area (Å²) in [6, 6.07) is 19.8. The van der Waals surface area contributed by atoms with E-state index in [-0.39, 0.29) is 18.0 Å². The number of carbonyl (C=O) groups excluding carboxylic acids is 1. The maximum atomic E-state index is 13.3. The van der Waals surface area contributed by atoms with Crippen LogP contribution in [0, 0.1) is 6.92 Å². The van der Waals surface area contributed by atoms with Crippen molar-refractivity contribution in [2.45, 2.75) is 31.7 Å². The van der Waals surface area contributed by atoms with Crippen molar-refractivity contribution in [1.82, 2.24) is 24.9 Å². The molecule has 5 rings (SSSR count). The minimum absolute atomic E-state index is 0.0395. The second-order valence-electron chi connectivity index (χ2n) is 8.89. The predicted molar refractivity (Wildman–Crippen MR) is 138 cm³/mol. The largest absolute Gasteiger partial charge is 0.334 e. The van der Waals surface area contributed by atoms with Crippen molar-refractivity contribution >= 4 is 17.6 Å². The van der Waals surface area contributed by atoms with Crippen LogP contribution in [0.1, 0.15) is 29.9 Å². The summed E-state index contributed by atoms with van der Waals surface area (Å²) in [6.07, 6.45) is 5.28. The molecule has 178 valence electrons. The average molecular weight is 468 g/mol. The molecule has 0 spiro atoms. The van der Waals surface area contributed by atoms with Gasteiger partial charge in [0, 0.05) is 55.5 Å². The summed E-state index contributed by atoms with van der Waals surface area (Å²) >= 11 is 0. The van der Waals surface area contributed by atoms with E-state index in [4.69, 9.17) is 5.10 Å². The van der Waals surface area contributed by atoms with Crippen LogP contribution in [0.2, 0.25) is 0 Å². The van der Waals surface area contributed by atoms with Gasteiger partial charge in [0.15, 0.2) is 0 Å². The smallest absolute Gasteiger partial charge is 0.320 e. The molecule has 1 aliphatic rings. The first-order chi connectivity index (χ1) is 17.0. The number of urea groups is 1. The van der Waals surface area contributed by atoms with E-state index < -0.39 is 0 Å². The quantitative estimate of drug-likeness (QED) is 0.445. The topological polar surface area (TPSA) is 89.1 Å². The van der Waals surface area contributed by atoms with Gasteiger partial charge >= 0.3 is 6.03 Å². The van der Waals surface area contributed by atoms with E-state index in [1.807, 2.05) is 75.7 Å². The van der Waals surface area contributed by atoms with E-state index in [0.717, 1.165) is 41.1 Å². The lowest BCUT2D eigenvalue weighted by molar-refractivity contribution is 0.247. The van der Waals surface area contributed by atoms with Crippen LogP contribution < -0.4 is 10.6 Å². The Bertz CT molecular complexity index is 1350. The maximum absolute atomic E-state index is 13.3. The molecule has 2 atom stereocenters. The van der Waals surface area contributed by atoms with Gasteiger partial charge in [-0.2, -0.15) is 10.2 Å². The number of nitrogens with one attached hydrogen (secondary N) is 2. The van der Waals surface area contributed by atoms with Gasteiger partial charge in [-0.1, -0.05) is 48.5 Å². The van der Waals surface area contributed by atoms with Crippen LogP contribution in [0.4, 0.5) is 10.6 Å². The molecule has 8 heteroatoms. The van der Waals surface area contributed by atoms with Crippen molar-refractivity contribution < 1.29 is 4.79 Å². The van der Waals surface area contributed by atoms with Crippen LogP contribution in [-0.2, 0) is 7.05 Å². The van der Waals surface area contributed by atoms with Crippen molar-refractivity contribution in [3.05, 3.63) is 84.2 Å². The molecule has 2 aromatic heterocycles. The number of rotatable bonds is 5. The number of aromatic nitrogens is 4. The number of aliphatic imine (C=N–C) groups is 1. The number of hydrogen-bond acceptors (Lipinski definition) is 4. The lowest BCUT2D eigenvalue weighted by Gasteiger charge is -2.21. The monoisotopic (exact) mass is 467 g/mol. The van der Waals surface area contributed by atoms with Crippen LogP contribution in [0.5, 0.6) is 0 Å². The van der Waals surface area contributed by atoms with Gasteiger partial charge in [0.1, 0.15) is 11.5 Å². The highest BCUT2D eigenvalue weighted by Gasteiger charge is 2.34. The van der Waals surface area contributed by atoms with E-state index in [1.54, 1.807) is 15.6 Å². The molecule has 0 unspecified atom stereocenters. The highest BCUT2D eigenvalue weighted by molar-refractivity contribution is 5.93. The summed E-state index contributed by atoms with van der Waals surface area (Å²) in [4.78, 5) is 17.7. The average Bonchev–Trinajstić information content (AvgIpc) is 3.58. The Morgan fingerprint density at radius 3 is 2.43 bits per heavy atom. The second kappa shape index (κ2) is 9.58. The highest BCUT2D eigenvalue weighted by atomic mass is 16.2. The molecular weight excluding hydrogens is 438 g/mol. The molecule has 1 fully saturated rings. The fraction of sp³-hybridized carbons (Fsp3) is 0.259. The first kappa shape index (κ1) is 22.6. The summed E-state index contributed by atoms with van der Waals surface area (Å²) < 4.78 is 3.52. The minimum Gasteiger partial charge on any atom is -0.334 e. The zero-order valence-corrected chi connectivity index (χ0v) is 20.1. The molecule has 0 saturated heterocycles. The van der Waals surface area contributed by atoms with Crippen LogP contribution in [0.3, 0.4) is 0 Å². The van der Waals surface area contributed by atoms with Crippen molar-refractivity contribution in [1.29, 1.82) is 0 Å². The minimum atomic E-state index is -0.258. The lowest BCUT2D eigenvalue weighted by atomic mass is 9.94. The standard InChI is InChI=1S/C27H29N7O/c1-18-25(20-16-29-33(3)17-20)32-34(22-12-8-5-9-13-22)26(18)31-27(35)30-24-15-21(28-2)14-23(24)19-10-6-4-7-11-19/h4-13,16-17,23-24H,14-15H2,1-3H3,(H2,30,31,35)/b28-21-/t23-,24+/m0/s1. The molecule has 2 aromatic carbocycles. The number of aryl methyl sites for hydroxylation is 1. The van der Waals surface area contributed by atoms with E-state index in [9.17, 15) is 4.79 Å². The molecule has 8 nitrogen and oxygen atoms in total. The maximum Gasteiger partial charge on any atom is 0.320 e. The predicted octanol–water partition coefficient (Wildman–Crippen LogP) is 4.72. The Labute approximate surface area is 204 Å². The summed E-state index contributed by atoms with van der Waals surface area (Å²) in [6.45, 7) is 1.97. The summed E-state index contributed by atoms with van der Waals surface area (Å²) in [5.74, 6) is 0.818. The van der Waals surface area contributed by atoms with Gasteiger partial charge in [-0.25, -0.2) is 9.48 Å². The summed E-state index contributed by atoms with van der Waals surface area (Å²) in [5.41, 5.74) is 5.74. The van der Waals surface area contributed by atoms with Gasteiger partial charge in [-0.05, 0) is 31.0 Å². The number of para-hydroxylation sites is 1. The van der Waals surface area contributed by atoms with Crippen molar-refractivity contribution in [2.75, 3.05) is 12.4 Å². The fourth-order valence-electron chi connectivity index (χ4n) is 4.79. The van der Waals surface area contributed by atoms with E-state index in [1.165, 1.54) is 5.56 Å². The van der Waals surface area contributed by atoms with Crippen molar-refractivity contribution in [3.63, 3.8) is 0 Å². The number of amides is 2. The van der Waals surface area contributed by atoms with E-state index in [2.05, 4.69) is 32.9 Å². The Morgan fingerprint density at radius 2 is 1.77 bits per heavy atom. The van der Waals surface area contributed by atoms with Crippen LogP contribution >= 0.6 is 0 Å². The molecule has 2 amide bonds. The SMILES string of the molecule is C/N=C1\C[C@@H](NC(=O)Nc2c(C)c(-c3cnn(C)c3)nn2-c2ccccc2)[C@H](c2ccccc2)C1. The zero-order chi connectivity index (χ0) is 24.4. The Kier molecular flexibility index (Phi) is 6.18. The first-order valence-corrected chi connectivity index (χ1v) is 11.7. The van der Waals surface area contributed by atoms with Gasteiger partial charge in [-0.3, -0.25) is 15.0 Å². The molecule has 0 aliphatic heterocycles. The van der Waals surface area contributed by atoms with E-state index >= 15 is 0 Å². The Hall–Kier alpha value is -4.20. The van der Waals surface area contributed by atoms with Gasteiger partial charge in [0.05, 0.1) is 11.9 Å². The summed E-state index contributed by atoms with van der Waals surface area (Å²) in [5, 5.41) is 15.4. The molecule has 2 heterocycles. The third-order valence-corrected chi connectivity index (χ3v) is 6.59. The Balaban J connectivity index is 1.44. The number of anilines is 1. The third kappa shape index (κ3) is 4.59. The molecule has 35 heavy (non-hydrogen) atoms. The number of carbonyl (C=O) groups is 1. The van der Waals surface area contributed by atoms with E-state index in [0.29, 0.717) is 5.82 Å². The first-order valence-electron chi connectivity index (χ1n) is 11.7. The van der Waals surface area contributed by atoms with Crippen LogP contribution in [0.15, 0.2) is 78.0 Å². The summed E-state index contributed by atoms with van der Waals surface area (Å²) in [7, 11) is 3.69. The highest BCUT2D eigenvalue weighted by Crippen LogP contribution is 2.34. The van der Waals surface area contributed by atoms with Crippen LogP contribution in [-0.4, -0.2) is 44.4 Å². The lowest BCUT2D eigenvalue weighted by Crippen LogP contribution is -2.40. The molecule has 0 radical (unpaired) electrons. The van der Waals surface area contributed by atoms with Gasteiger partial charge < -0.3 is 5.32 Å². The molecule has 1 saturated carbocycles. The molecule has 2 N–H and O–H groups in total. The second-order valence-corrected chi connectivity index (χ2v) is 8.89. The van der Waals surface area contributed by atoms with Crippen molar-refractivity contribution in [2.24, 2.45) is 12.0 Å². The van der Waals surface area contributed by atoms with Crippen molar-refractivity contribution in [3.8, 4) is 16.9 Å².